The van der Waals surface area contributed by atoms with Gasteiger partial charge in [0.25, 0.3) is 5.91 Å². The normalized spacial score (nSPS) is 17.5. The maximum atomic E-state index is 13.8. The molecule has 4 aromatic carbocycles. The average Bonchev–Trinajstić information content (AvgIpc) is 3.01. The predicted molar refractivity (Wildman–Crippen MR) is 120 cm³/mol. The highest BCUT2D eigenvalue weighted by Crippen LogP contribution is 2.50. The molecule has 1 atom stereocenters. The van der Waals surface area contributed by atoms with Crippen LogP contribution in [0.3, 0.4) is 0 Å². The number of anilines is 1. The largest absolute Gasteiger partial charge is 0.508 e. The van der Waals surface area contributed by atoms with Crippen LogP contribution in [0, 0.1) is 11.8 Å². The number of hydrogen-bond donors (Lipinski definition) is 1. The Morgan fingerprint density at radius 2 is 1.53 bits per heavy atom. The van der Waals surface area contributed by atoms with Gasteiger partial charge in [0, 0.05) is 29.4 Å². The summed E-state index contributed by atoms with van der Waals surface area (Å²) in [5, 5.41) is 12.8. The molecule has 1 N–H and O–H groups in total. The van der Waals surface area contributed by atoms with Crippen LogP contribution >= 0.6 is 0 Å². The second-order valence-corrected chi connectivity index (χ2v) is 7.43. The molecule has 0 saturated carbocycles. The van der Waals surface area contributed by atoms with Gasteiger partial charge in [-0.2, -0.15) is 0 Å². The van der Waals surface area contributed by atoms with Crippen molar-refractivity contribution in [2.45, 2.75) is 5.41 Å². The first-order valence-electron chi connectivity index (χ1n) is 9.80. The first-order valence-corrected chi connectivity index (χ1v) is 9.80. The van der Waals surface area contributed by atoms with Gasteiger partial charge >= 0.3 is 0 Å². The van der Waals surface area contributed by atoms with Crippen LogP contribution in [0.15, 0.2) is 91.0 Å². The van der Waals surface area contributed by atoms with Crippen LogP contribution < -0.4 is 4.90 Å². The van der Waals surface area contributed by atoms with Gasteiger partial charge in [0.1, 0.15) is 5.75 Å². The Kier molecular flexibility index (Phi) is 4.08. The lowest BCUT2D eigenvalue weighted by Crippen LogP contribution is -2.39. The minimum atomic E-state index is -1.30. The summed E-state index contributed by atoms with van der Waals surface area (Å²) >= 11 is 0. The van der Waals surface area contributed by atoms with Crippen molar-refractivity contribution in [3.8, 4) is 17.6 Å². The Hall–Kier alpha value is -4.03. The molecule has 1 aliphatic rings. The van der Waals surface area contributed by atoms with E-state index in [1.54, 1.807) is 18.0 Å². The molecule has 144 valence electrons. The third-order valence-corrected chi connectivity index (χ3v) is 5.75. The van der Waals surface area contributed by atoms with Crippen molar-refractivity contribution in [2.24, 2.45) is 0 Å². The summed E-state index contributed by atoms with van der Waals surface area (Å²) in [7, 11) is 1.76. The molecule has 1 aliphatic heterocycles. The maximum Gasteiger partial charge on any atom is 0.254 e. The number of fused-ring (bicyclic) bond motifs is 2. The lowest BCUT2D eigenvalue weighted by molar-refractivity contribution is -0.120. The van der Waals surface area contributed by atoms with E-state index in [1.807, 2.05) is 84.9 Å². The number of carbonyl (C=O) groups is 1. The summed E-state index contributed by atoms with van der Waals surface area (Å²) < 4.78 is 0. The molecule has 0 fully saturated rings. The number of phenolic OH excluding ortho intramolecular Hbond substituents is 1. The highest BCUT2D eigenvalue weighted by Gasteiger charge is 2.52. The molecule has 5 rings (SSSR count). The minimum absolute atomic E-state index is 0.0644. The smallest absolute Gasteiger partial charge is 0.254 e. The van der Waals surface area contributed by atoms with Crippen LogP contribution in [0.5, 0.6) is 5.75 Å². The van der Waals surface area contributed by atoms with Crippen molar-refractivity contribution < 1.29 is 9.90 Å². The van der Waals surface area contributed by atoms with E-state index in [9.17, 15) is 9.90 Å². The Labute approximate surface area is 175 Å². The first kappa shape index (κ1) is 18.0. The Balaban J connectivity index is 1.91. The van der Waals surface area contributed by atoms with Crippen LogP contribution in [0.2, 0.25) is 0 Å². The third kappa shape index (κ3) is 2.51. The summed E-state index contributed by atoms with van der Waals surface area (Å²) in [6, 6.07) is 28.6. The Morgan fingerprint density at radius 3 is 2.37 bits per heavy atom. The standard InChI is InChI=1S/C27H19NO2/c1-28-23-14-8-7-13-22(23)27(26(28)30,18-17-19-9-3-2-4-10-19)25-21-12-6-5-11-20(21)15-16-24(25)29/h2-16,29H,1H3. The highest BCUT2D eigenvalue weighted by atomic mass is 16.3. The molecule has 4 aromatic rings. The molecule has 0 saturated heterocycles. The zero-order chi connectivity index (χ0) is 20.7. The van der Waals surface area contributed by atoms with E-state index < -0.39 is 5.41 Å². The Bertz CT molecular complexity index is 1350. The van der Waals surface area contributed by atoms with Crippen LogP contribution in [-0.2, 0) is 10.2 Å². The number of nitrogens with zero attached hydrogens (tertiary/aromatic N) is 1. The molecule has 0 spiro atoms. The lowest BCUT2D eigenvalue weighted by atomic mass is 9.73. The number of hydrogen-bond acceptors (Lipinski definition) is 2. The molecule has 30 heavy (non-hydrogen) atoms. The van der Waals surface area contributed by atoms with Crippen molar-refractivity contribution in [1.29, 1.82) is 0 Å². The van der Waals surface area contributed by atoms with E-state index in [4.69, 9.17) is 0 Å². The van der Waals surface area contributed by atoms with E-state index in [1.165, 1.54) is 0 Å². The molecule has 0 aliphatic carbocycles. The fraction of sp³-hybridized carbons (Fsp3) is 0.0741. The molecular weight excluding hydrogens is 370 g/mol. The quantitative estimate of drug-likeness (QED) is 0.472. The monoisotopic (exact) mass is 389 g/mol. The summed E-state index contributed by atoms with van der Waals surface area (Å²) in [6.45, 7) is 0. The van der Waals surface area contributed by atoms with Crippen molar-refractivity contribution in [1.82, 2.24) is 0 Å². The zero-order valence-corrected chi connectivity index (χ0v) is 16.5. The number of likely N-dealkylation sites (N-methyl/N-ethyl adjacent to an activating group) is 1. The molecule has 0 bridgehead atoms. The molecule has 0 aromatic heterocycles. The molecule has 1 heterocycles. The van der Waals surface area contributed by atoms with Crippen LogP contribution in [0.1, 0.15) is 16.7 Å². The van der Waals surface area contributed by atoms with Gasteiger partial charge in [-0.3, -0.25) is 4.79 Å². The van der Waals surface area contributed by atoms with E-state index in [-0.39, 0.29) is 11.7 Å². The fourth-order valence-electron chi connectivity index (χ4n) is 4.33. The molecule has 1 amide bonds. The number of rotatable bonds is 1. The summed E-state index contributed by atoms with van der Waals surface area (Å²) in [6.07, 6.45) is 0. The van der Waals surface area contributed by atoms with Gasteiger partial charge in [-0.1, -0.05) is 78.6 Å². The van der Waals surface area contributed by atoms with Gasteiger partial charge in [-0.25, -0.2) is 0 Å². The number of amides is 1. The lowest BCUT2D eigenvalue weighted by Gasteiger charge is -2.26. The predicted octanol–water partition coefficient (Wildman–Crippen LogP) is 4.86. The number of aromatic hydroxyl groups is 1. The summed E-state index contributed by atoms with van der Waals surface area (Å²) in [4.78, 5) is 15.4. The molecule has 3 nitrogen and oxygen atoms in total. The van der Waals surface area contributed by atoms with Crippen molar-refractivity contribution in [3.63, 3.8) is 0 Å². The maximum absolute atomic E-state index is 13.8. The molecule has 0 radical (unpaired) electrons. The first-order chi connectivity index (χ1) is 14.6. The fourth-order valence-corrected chi connectivity index (χ4v) is 4.33. The van der Waals surface area contributed by atoms with Crippen molar-refractivity contribution >= 4 is 22.4 Å². The molecule has 1 unspecified atom stereocenters. The van der Waals surface area contributed by atoms with Gasteiger partial charge in [0.2, 0.25) is 0 Å². The number of benzene rings is 4. The second-order valence-electron chi connectivity index (χ2n) is 7.43. The zero-order valence-electron chi connectivity index (χ0n) is 16.5. The highest BCUT2D eigenvalue weighted by molar-refractivity contribution is 6.15. The minimum Gasteiger partial charge on any atom is -0.508 e. The van der Waals surface area contributed by atoms with Gasteiger partial charge in [-0.15, -0.1) is 0 Å². The second kappa shape index (κ2) is 6.79. The van der Waals surface area contributed by atoms with E-state index in [2.05, 4.69) is 11.8 Å². The topological polar surface area (TPSA) is 40.5 Å². The van der Waals surface area contributed by atoms with Crippen molar-refractivity contribution in [3.05, 3.63) is 108 Å². The molecule has 3 heteroatoms. The van der Waals surface area contributed by atoms with Gasteiger partial charge in [0.05, 0.1) is 0 Å². The third-order valence-electron chi connectivity index (χ3n) is 5.75. The van der Waals surface area contributed by atoms with Crippen LogP contribution in [-0.4, -0.2) is 18.1 Å². The van der Waals surface area contributed by atoms with Gasteiger partial charge in [0.15, 0.2) is 5.41 Å². The summed E-state index contributed by atoms with van der Waals surface area (Å²) in [5.41, 5.74) is 1.64. The van der Waals surface area contributed by atoms with Gasteiger partial charge in [-0.05, 0) is 35.0 Å². The number of carbonyl (C=O) groups excluding carboxylic acids is 1. The van der Waals surface area contributed by atoms with E-state index >= 15 is 0 Å². The summed E-state index contributed by atoms with van der Waals surface area (Å²) in [5.74, 6) is 6.39. The average molecular weight is 389 g/mol. The van der Waals surface area contributed by atoms with Crippen molar-refractivity contribution in [2.75, 3.05) is 11.9 Å². The molecular formula is C27H19NO2. The van der Waals surface area contributed by atoms with E-state index in [0.717, 1.165) is 27.6 Å². The number of phenols is 1. The number of para-hydroxylation sites is 1. The van der Waals surface area contributed by atoms with E-state index in [0.29, 0.717) is 5.56 Å². The van der Waals surface area contributed by atoms with Crippen LogP contribution in [0.4, 0.5) is 5.69 Å². The van der Waals surface area contributed by atoms with Crippen LogP contribution in [0.25, 0.3) is 10.8 Å². The van der Waals surface area contributed by atoms with Gasteiger partial charge < -0.3 is 10.0 Å². The Morgan fingerprint density at radius 1 is 0.833 bits per heavy atom. The SMILES string of the molecule is CN1C(=O)C(C#Cc2ccccc2)(c2c(O)ccc3ccccc23)c2ccccc21.